The maximum atomic E-state index is 6.68. The van der Waals surface area contributed by atoms with Crippen LogP contribution in [-0.4, -0.2) is 40.1 Å². The number of rotatable bonds is 4. The number of nitrogen functional groups attached to an aromatic ring is 1. The zero-order valence-electron chi connectivity index (χ0n) is 17.8. The largest absolute Gasteiger partial charge is 0.382 e. The zero-order chi connectivity index (χ0) is 22.3. The Balaban J connectivity index is 1.32. The summed E-state index contributed by atoms with van der Waals surface area (Å²) < 4.78 is 0. The van der Waals surface area contributed by atoms with Crippen LogP contribution in [0.4, 0.5) is 17.5 Å². The minimum absolute atomic E-state index is 0.0450. The van der Waals surface area contributed by atoms with Crippen molar-refractivity contribution in [1.29, 1.82) is 0 Å². The molecule has 0 unspecified atom stereocenters. The highest BCUT2D eigenvalue weighted by atomic mass is 35.5. The van der Waals surface area contributed by atoms with Crippen LogP contribution in [0.2, 0.25) is 5.02 Å². The first-order valence-electron chi connectivity index (χ1n) is 10.6. The molecular weight excluding hydrogens is 444 g/mol. The van der Waals surface area contributed by atoms with Crippen LogP contribution in [0.25, 0.3) is 0 Å². The fraction of sp³-hybridized carbons (Fsp3) is 0.364. The Hall–Kier alpha value is -2.62. The number of hydrogen-bond acceptors (Lipinski definition) is 9. The summed E-state index contributed by atoms with van der Waals surface area (Å²) in [6, 6.07) is 5.97. The van der Waals surface area contributed by atoms with E-state index in [4.69, 9.17) is 28.1 Å². The van der Waals surface area contributed by atoms with E-state index in [1.165, 1.54) is 17.3 Å². The predicted molar refractivity (Wildman–Crippen MR) is 128 cm³/mol. The van der Waals surface area contributed by atoms with Crippen molar-refractivity contribution in [3.8, 4) is 0 Å². The first kappa shape index (κ1) is 21.2. The second-order valence-corrected chi connectivity index (χ2v) is 9.69. The van der Waals surface area contributed by atoms with E-state index < -0.39 is 0 Å². The van der Waals surface area contributed by atoms with Crippen molar-refractivity contribution in [1.82, 2.24) is 19.9 Å². The molecule has 1 aliphatic carbocycles. The number of hydrogen-bond donors (Lipinski definition) is 3. The van der Waals surface area contributed by atoms with E-state index in [1.807, 2.05) is 31.6 Å². The average Bonchev–Trinajstić information content (AvgIpc) is 3.09. The molecule has 3 aromatic heterocycles. The van der Waals surface area contributed by atoms with Gasteiger partial charge in [-0.25, -0.2) is 15.0 Å². The minimum Gasteiger partial charge on any atom is -0.382 e. The van der Waals surface area contributed by atoms with Gasteiger partial charge in [0.2, 0.25) is 0 Å². The summed E-state index contributed by atoms with van der Waals surface area (Å²) in [4.78, 5) is 21.2. The molecule has 5 N–H and O–H groups in total. The number of halogens is 1. The fourth-order valence-corrected chi connectivity index (χ4v) is 5.82. The SMILES string of the molecule is CNc1nc(N2CCC3(CC2)Cc2ncccc2[C@H]3N)cnc1Sc1ccnc(N)c1Cl. The number of aromatic nitrogens is 4. The molecule has 166 valence electrons. The highest BCUT2D eigenvalue weighted by Gasteiger charge is 2.46. The van der Waals surface area contributed by atoms with Gasteiger partial charge < -0.3 is 21.7 Å². The van der Waals surface area contributed by atoms with E-state index in [-0.39, 0.29) is 11.5 Å². The smallest absolute Gasteiger partial charge is 0.161 e. The molecule has 5 rings (SSSR count). The third-order valence-corrected chi connectivity index (χ3v) is 8.13. The van der Waals surface area contributed by atoms with Gasteiger partial charge in [-0.2, -0.15) is 0 Å². The minimum atomic E-state index is 0.0450. The van der Waals surface area contributed by atoms with Gasteiger partial charge in [0.1, 0.15) is 16.7 Å². The molecule has 2 aliphatic rings. The molecule has 0 radical (unpaired) electrons. The Morgan fingerprint density at radius 1 is 1.19 bits per heavy atom. The summed E-state index contributed by atoms with van der Waals surface area (Å²) in [6.45, 7) is 1.78. The standard InChI is InChI=1S/C22H25ClN8S/c1-26-20-21(32-15-4-8-28-19(25)17(15)23)29-12-16(30-20)31-9-5-22(6-10-31)11-14-13(18(22)24)3-2-7-27-14/h2-4,7-8,12,18H,5-6,9-11,24H2,1H3,(H2,25,28)(H,26,30)/t18-/m1/s1. The lowest BCUT2D eigenvalue weighted by Crippen LogP contribution is -2.44. The van der Waals surface area contributed by atoms with Gasteiger partial charge >= 0.3 is 0 Å². The molecule has 32 heavy (non-hydrogen) atoms. The molecule has 0 amide bonds. The Labute approximate surface area is 196 Å². The van der Waals surface area contributed by atoms with Crippen LogP contribution in [0.3, 0.4) is 0 Å². The quantitative estimate of drug-likeness (QED) is 0.528. The number of nitrogens with one attached hydrogen (secondary N) is 1. The van der Waals surface area contributed by atoms with Crippen molar-refractivity contribution in [3.05, 3.63) is 53.1 Å². The molecule has 1 fully saturated rings. The first-order valence-corrected chi connectivity index (χ1v) is 11.8. The van der Waals surface area contributed by atoms with Crippen LogP contribution in [0.15, 0.2) is 46.7 Å². The summed E-state index contributed by atoms with van der Waals surface area (Å²) in [5, 5.41) is 4.32. The molecule has 3 aromatic rings. The molecular formula is C22H25ClN8S. The maximum absolute atomic E-state index is 6.68. The van der Waals surface area contributed by atoms with Gasteiger partial charge in [0.25, 0.3) is 0 Å². The van der Waals surface area contributed by atoms with Gasteiger partial charge in [0.15, 0.2) is 5.82 Å². The molecule has 4 heterocycles. The van der Waals surface area contributed by atoms with Crippen molar-refractivity contribution < 1.29 is 0 Å². The van der Waals surface area contributed by atoms with E-state index >= 15 is 0 Å². The molecule has 1 saturated heterocycles. The number of piperidine rings is 1. The zero-order valence-corrected chi connectivity index (χ0v) is 19.3. The van der Waals surface area contributed by atoms with Crippen molar-refractivity contribution in [3.63, 3.8) is 0 Å². The second-order valence-electron chi connectivity index (χ2n) is 8.29. The Bertz CT molecular complexity index is 1150. The van der Waals surface area contributed by atoms with Crippen molar-refractivity contribution >= 4 is 40.8 Å². The summed E-state index contributed by atoms with van der Waals surface area (Å²) in [6.07, 6.45) is 8.28. The Morgan fingerprint density at radius 3 is 2.75 bits per heavy atom. The molecule has 10 heteroatoms. The lowest BCUT2D eigenvalue weighted by Gasteiger charge is -2.42. The Morgan fingerprint density at radius 2 is 2.00 bits per heavy atom. The summed E-state index contributed by atoms with van der Waals surface area (Å²) in [5.41, 5.74) is 14.9. The van der Waals surface area contributed by atoms with Crippen LogP contribution in [0.5, 0.6) is 0 Å². The van der Waals surface area contributed by atoms with Crippen molar-refractivity contribution in [2.75, 3.05) is 36.1 Å². The first-order chi connectivity index (χ1) is 15.5. The fourth-order valence-electron chi connectivity index (χ4n) is 4.71. The van der Waals surface area contributed by atoms with Gasteiger partial charge in [-0.3, -0.25) is 4.98 Å². The third kappa shape index (κ3) is 3.64. The van der Waals surface area contributed by atoms with Crippen LogP contribution < -0.4 is 21.7 Å². The normalized spacial score (nSPS) is 19.2. The molecule has 0 bridgehead atoms. The Kier molecular flexibility index (Phi) is 5.56. The van der Waals surface area contributed by atoms with Gasteiger partial charge in [-0.1, -0.05) is 29.4 Å². The lowest BCUT2D eigenvalue weighted by molar-refractivity contribution is 0.186. The van der Waals surface area contributed by atoms with E-state index in [0.717, 1.165) is 53.8 Å². The lowest BCUT2D eigenvalue weighted by atomic mass is 9.73. The molecule has 1 spiro atoms. The van der Waals surface area contributed by atoms with Gasteiger partial charge in [0, 0.05) is 49.2 Å². The number of nitrogens with zero attached hydrogens (tertiary/aromatic N) is 5. The highest BCUT2D eigenvalue weighted by molar-refractivity contribution is 7.99. The van der Waals surface area contributed by atoms with Crippen LogP contribution in [-0.2, 0) is 6.42 Å². The van der Waals surface area contributed by atoms with Crippen molar-refractivity contribution in [2.24, 2.45) is 11.1 Å². The van der Waals surface area contributed by atoms with Gasteiger partial charge in [-0.15, -0.1) is 0 Å². The number of nitrogens with two attached hydrogens (primary N) is 2. The van der Waals surface area contributed by atoms with Gasteiger partial charge in [-0.05, 0) is 42.4 Å². The summed E-state index contributed by atoms with van der Waals surface area (Å²) in [5.74, 6) is 1.86. The van der Waals surface area contributed by atoms with E-state index in [1.54, 1.807) is 6.20 Å². The van der Waals surface area contributed by atoms with E-state index in [9.17, 15) is 0 Å². The maximum Gasteiger partial charge on any atom is 0.161 e. The molecule has 0 saturated carbocycles. The molecule has 1 aliphatic heterocycles. The average molecular weight is 469 g/mol. The predicted octanol–water partition coefficient (Wildman–Crippen LogP) is 3.54. The molecule has 0 aromatic carbocycles. The second kappa shape index (κ2) is 8.38. The highest BCUT2D eigenvalue weighted by Crippen LogP contribution is 2.50. The molecule has 8 nitrogen and oxygen atoms in total. The third-order valence-electron chi connectivity index (χ3n) is 6.57. The van der Waals surface area contributed by atoms with Crippen LogP contribution in [0, 0.1) is 5.41 Å². The van der Waals surface area contributed by atoms with E-state index in [2.05, 4.69) is 31.2 Å². The number of fused-ring (bicyclic) bond motifs is 1. The van der Waals surface area contributed by atoms with E-state index in [0.29, 0.717) is 16.7 Å². The summed E-state index contributed by atoms with van der Waals surface area (Å²) >= 11 is 7.71. The van der Waals surface area contributed by atoms with Crippen LogP contribution in [0.1, 0.15) is 30.1 Å². The molecule has 1 atom stereocenters. The number of pyridine rings is 2. The topological polar surface area (TPSA) is 119 Å². The number of anilines is 3. The monoisotopic (exact) mass is 468 g/mol. The van der Waals surface area contributed by atoms with Crippen molar-refractivity contribution in [2.45, 2.75) is 35.2 Å². The summed E-state index contributed by atoms with van der Waals surface area (Å²) in [7, 11) is 1.84. The van der Waals surface area contributed by atoms with Crippen LogP contribution >= 0.6 is 23.4 Å². The van der Waals surface area contributed by atoms with Gasteiger partial charge in [0.05, 0.1) is 11.2 Å².